The molecular formula is C29H51N7O10S. The second-order valence-corrected chi connectivity index (χ2v) is 13.1. The average Bonchev–Trinajstić information content (AvgIpc) is 3.52. The smallest absolute Gasteiger partial charge is 0.326 e. The first-order valence-corrected chi connectivity index (χ1v) is 16.9. The minimum Gasteiger partial charge on any atom is -0.480 e. The fraction of sp³-hybridized carbons (Fsp3) is 0.759. The van der Waals surface area contributed by atoms with Gasteiger partial charge < -0.3 is 52.5 Å². The topological polar surface area (TPSA) is 270 Å². The summed E-state index contributed by atoms with van der Waals surface area (Å²) in [5.41, 5.74) is 5.79. The van der Waals surface area contributed by atoms with Crippen LogP contribution in [0.2, 0.25) is 0 Å². The monoisotopic (exact) mass is 689 g/mol. The number of aliphatic hydroxyl groups excluding tert-OH is 2. The Morgan fingerprint density at radius 3 is 1.87 bits per heavy atom. The third-order valence-corrected chi connectivity index (χ3v) is 8.15. The van der Waals surface area contributed by atoms with Crippen LogP contribution < -0.4 is 32.3 Å². The number of carbonyl (C=O) groups is 7. The van der Waals surface area contributed by atoms with Gasteiger partial charge in [0.2, 0.25) is 35.4 Å². The molecule has 1 aliphatic heterocycles. The number of nitrogens with one attached hydrogen (secondary N) is 5. The van der Waals surface area contributed by atoms with E-state index in [0.717, 1.165) is 0 Å². The summed E-state index contributed by atoms with van der Waals surface area (Å²) in [6.45, 7) is 5.16. The van der Waals surface area contributed by atoms with E-state index in [9.17, 15) is 48.9 Å². The molecular weight excluding hydrogens is 638 g/mol. The molecule has 6 amide bonds. The molecule has 0 aromatic carbocycles. The molecule has 0 saturated carbocycles. The van der Waals surface area contributed by atoms with E-state index in [0.29, 0.717) is 12.2 Å². The van der Waals surface area contributed by atoms with Gasteiger partial charge >= 0.3 is 5.97 Å². The van der Waals surface area contributed by atoms with Gasteiger partial charge in [0.15, 0.2) is 0 Å². The standard InChI is InChI=1S/C29H51N7O10S/c1-15(2)11-18(29(45)46)33-24(40)17(8-10-47-5)32-25(41)19(13-37)34-26(42)20(14-38)35-27(43)21-7-6-9-36(21)22(39)12-31-28(44)23(30)16(3)4/h15-21,23,37-38H,6-14,30H2,1-5H3,(H,31,44)(H,32,41)(H,33,40)(H,34,42)(H,35,43)(H,45,46)/t17-,18-,19-,20-,21-,23-/m0/s1. The van der Waals surface area contributed by atoms with E-state index < -0.39 is 90.9 Å². The molecule has 1 heterocycles. The number of carboxylic acids is 1. The van der Waals surface area contributed by atoms with E-state index in [1.165, 1.54) is 16.7 Å². The Morgan fingerprint density at radius 1 is 0.830 bits per heavy atom. The van der Waals surface area contributed by atoms with Gasteiger partial charge in [0.1, 0.15) is 30.2 Å². The Hall–Kier alpha value is -3.48. The van der Waals surface area contributed by atoms with Gasteiger partial charge in [0, 0.05) is 6.54 Å². The normalized spacial score (nSPS) is 17.7. The first-order chi connectivity index (χ1) is 22.1. The van der Waals surface area contributed by atoms with E-state index >= 15 is 0 Å². The lowest BCUT2D eigenvalue weighted by Gasteiger charge is -2.27. The van der Waals surface area contributed by atoms with Crippen molar-refractivity contribution in [1.29, 1.82) is 0 Å². The maximum atomic E-state index is 13.1. The number of carbonyl (C=O) groups excluding carboxylic acids is 6. The van der Waals surface area contributed by atoms with Crippen LogP contribution in [0.15, 0.2) is 0 Å². The van der Waals surface area contributed by atoms with Crippen molar-refractivity contribution >= 4 is 53.2 Å². The molecule has 0 spiro atoms. The number of rotatable bonds is 20. The Morgan fingerprint density at radius 2 is 1.36 bits per heavy atom. The molecule has 18 heteroatoms. The number of aliphatic hydroxyl groups is 2. The lowest BCUT2D eigenvalue weighted by Crippen LogP contribution is -2.60. The molecule has 47 heavy (non-hydrogen) atoms. The van der Waals surface area contributed by atoms with E-state index in [1.54, 1.807) is 34.0 Å². The van der Waals surface area contributed by atoms with Gasteiger partial charge in [-0.2, -0.15) is 11.8 Å². The predicted molar refractivity (Wildman–Crippen MR) is 173 cm³/mol. The Balaban J connectivity index is 2.88. The maximum Gasteiger partial charge on any atom is 0.326 e. The molecule has 6 atom stereocenters. The van der Waals surface area contributed by atoms with Gasteiger partial charge in [0.25, 0.3) is 0 Å². The van der Waals surface area contributed by atoms with Crippen LogP contribution in [0.3, 0.4) is 0 Å². The van der Waals surface area contributed by atoms with E-state index in [1.807, 2.05) is 0 Å². The van der Waals surface area contributed by atoms with Crippen LogP contribution in [0.1, 0.15) is 53.4 Å². The molecule has 0 aliphatic carbocycles. The third-order valence-electron chi connectivity index (χ3n) is 7.51. The van der Waals surface area contributed by atoms with E-state index in [4.69, 9.17) is 5.73 Å². The van der Waals surface area contributed by atoms with Gasteiger partial charge in [-0.1, -0.05) is 27.7 Å². The van der Waals surface area contributed by atoms with Crippen LogP contribution in [0.5, 0.6) is 0 Å². The largest absolute Gasteiger partial charge is 0.480 e. The van der Waals surface area contributed by atoms with E-state index in [-0.39, 0.29) is 44.2 Å². The first kappa shape index (κ1) is 41.5. The van der Waals surface area contributed by atoms with Gasteiger partial charge in [-0.05, 0) is 49.5 Å². The lowest BCUT2D eigenvalue weighted by molar-refractivity contribution is -0.143. The first-order valence-electron chi connectivity index (χ1n) is 15.5. The van der Waals surface area contributed by atoms with Crippen molar-refractivity contribution in [3.63, 3.8) is 0 Å². The quantitative estimate of drug-likeness (QED) is 0.0615. The number of aliphatic carboxylic acids is 1. The van der Waals surface area contributed by atoms with E-state index in [2.05, 4.69) is 26.6 Å². The molecule has 17 nitrogen and oxygen atoms in total. The number of nitrogens with zero attached hydrogens (tertiary/aromatic N) is 1. The molecule has 1 saturated heterocycles. The minimum atomic E-state index is -1.59. The minimum absolute atomic E-state index is 0.0384. The highest BCUT2D eigenvalue weighted by atomic mass is 32.2. The van der Waals surface area contributed by atoms with Gasteiger partial charge in [0.05, 0.1) is 25.8 Å². The highest BCUT2D eigenvalue weighted by Gasteiger charge is 2.37. The van der Waals surface area contributed by atoms with Crippen LogP contribution in [0.4, 0.5) is 0 Å². The number of amides is 6. The highest BCUT2D eigenvalue weighted by Crippen LogP contribution is 2.18. The van der Waals surface area contributed by atoms with Gasteiger partial charge in [-0.15, -0.1) is 0 Å². The molecule has 0 aromatic heterocycles. The molecule has 1 aliphatic rings. The van der Waals surface area contributed by atoms with Crippen molar-refractivity contribution in [2.45, 2.75) is 89.6 Å². The summed E-state index contributed by atoms with van der Waals surface area (Å²) in [5.74, 6) is -5.51. The van der Waals surface area contributed by atoms with Crippen LogP contribution in [-0.4, -0.2) is 136 Å². The van der Waals surface area contributed by atoms with Crippen LogP contribution >= 0.6 is 11.8 Å². The van der Waals surface area contributed by atoms with Crippen LogP contribution in [-0.2, 0) is 33.6 Å². The number of likely N-dealkylation sites (tertiary alicyclic amines) is 1. The predicted octanol–water partition coefficient (Wildman–Crippen LogP) is -3.12. The summed E-state index contributed by atoms with van der Waals surface area (Å²) in [4.78, 5) is 89.8. The SMILES string of the molecule is CSCC[C@H](NC(=O)[C@H](CO)NC(=O)[C@H](CO)NC(=O)[C@@H]1CCCN1C(=O)CNC(=O)[C@@H](N)C(C)C)C(=O)N[C@@H](CC(C)C)C(=O)O. The fourth-order valence-corrected chi connectivity index (χ4v) is 5.16. The summed E-state index contributed by atoms with van der Waals surface area (Å²) >= 11 is 1.38. The molecule has 0 unspecified atom stereocenters. The second kappa shape index (κ2) is 20.7. The molecule has 1 rings (SSSR count). The second-order valence-electron chi connectivity index (χ2n) is 12.1. The number of nitrogens with two attached hydrogens (primary N) is 1. The molecule has 268 valence electrons. The van der Waals surface area contributed by atoms with Crippen LogP contribution in [0, 0.1) is 11.8 Å². The Bertz CT molecular complexity index is 1110. The number of carboxylic acid groups (broad SMARTS) is 1. The van der Waals surface area contributed by atoms with Crippen molar-refractivity contribution in [3.8, 4) is 0 Å². The molecule has 0 radical (unpaired) electrons. The molecule has 0 bridgehead atoms. The summed E-state index contributed by atoms with van der Waals surface area (Å²) < 4.78 is 0. The zero-order valence-electron chi connectivity index (χ0n) is 27.6. The van der Waals surface area contributed by atoms with Crippen molar-refractivity contribution in [1.82, 2.24) is 31.5 Å². The summed E-state index contributed by atoms with van der Waals surface area (Å²) in [7, 11) is 0. The Kier molecular flexibility index (Phi) is 18.3. The number of hydrogen-bond donors (Lipinski definition) is 9. The lowest BCUT2D eigenvalue weighted by atomic mass is 10.0. The number of thioether (sulfide) groups is 1. The number of hydrogen-bond acceptors (Lipinski definition) is 11. The summed E-state index contributed by atoms with van der Waals surface area (Å²) in [6.07, 6.45) is 2.79. The Labute approximate surface area is 278 Å². The molecule has 1 fully saturated rings. The molecule has 0 aromatic rings. The summed E-state index contributed by atoms with van der Waals surface area (Å²) in [6, 6.07) is -7.32. The van der Waals surface area contributed by atoms with Gasteiger partial charge in [-0.3, -0.25) is 28.8 Å². The van der Waals surface area contributed by atoms with Gasteiger partial charge in [-0.25, -0.2) is 4.79 Å². The van der Waals surface area contributed by atoms with Crippen molar-refractivity contribution in [2.75, 3.05) is 38.3 Å². The fourth-order valence-electron chi connectivity index (χ4n) is 4.69. The highest BCUT2D eigenvalue weighted by molar-refractivity contribution is 7.98. The zero-order chi connectivity index (χ0) is 35.8. The molecule has 10 N–H and O–H groups in total. The third kappa shape index (κ3) is 13.6. The van der Waals surface area contributed by atoms with Crippen LogP contribution in [0.25, 0.3) is 0 Å². The average molecular weight is 690 g/mol. The van der Waals surface area contributed by atoms with Crippen molar-refractivity contribution in [2.24, 2.45) is 17.6 Å². The van der Waals surface area contributed by atoms with Crippen molar-refractivity contribution in [3.05, 3.63) is 0 Å². The maximum absolute atomic E-state index is 13.1. The summed E-state index contributed by atoms with van der Waals surface area (Å²) in [5, 5.41) is 41.1. The zero-order valence-corrected chi connectivity index (χ0v) is 28.4. The van der Waals surface area contributed by atoms with Crippen molar-refractivity contribution < 1.29 is 48.9 Å².